The van der Waals surface area contributed by atoms with Crippen LogP contribution in [0.1, 0.15) is 18.6 Å². The number of rotatable bonds is 1. The van der Waals surface area contributed by atoms with E-state index in [4.69, 9.17) is 15.3 Å². The predicted molar refractivity (Wildman–Crippen MR) is 42.1 cm³/mol. The minimum Gasteiger partial charge on any atom is -0.504 e. The SMILES string of the molecule is C[C@H](O)c1ccc(O)c(O)c1O. The van der Waals surface area contributed by atoms with Crippen molar-refractivity contribution >= 4 is 0 Å². The maximum atomic E-state index is 9.18. The number of aliphatic hydroxyl groups excluding tert-OH is 1. The normalized spacial score (nSPS) is 12.8. The van der Waals surface area contributed by atoms with E-state index in [0.717, 1.165) is 0 Å². The molecule has 0 aliphatic rings. The lowest BCUT2D eigenvalue weighted by molar-refractivity contribution is 0.193. The lowest BCUT2D eigenvalue weighted by Gasteiger charge is -2.08. The summed E-state index contributed by atoms with van der Waals surface area (Å²) >= 11 is 0. The Kier molecular flexibility index (Phi) is 2.10. The molecule has 0 unspecified atom stereocenters. The van der Waals surface area contributed by atoms with Gasteiger partial charge in [0, 0.05) is 5.56 Å². The summed E-state index contributed by atoms with van der Waals surface area (Å²) in [5.41, 5.74) is 0.185. The molecule has 0 fully saturated rings. The van der Waals surface area contributed by atoms with E-state index in [1.54, 1.807) is 0 Å². The van der Waals surface area contributed by atoms with Gasteiger partial charge in [0.25, 0.3) is 0 Å². The van der Waals surface area contributed by atoms with Crippen molar-refractivity contribution in [1.29, 1.82) is 0 Å². The Morgan fingerprint density at radius 3 is 2.17 bits per heavy atom. The van der Waals surface area contributed by atoms with E-state index in [2.05, 4.69) is 0 Å². The Morgan fingerprint density at radius 2 is 1.67 bits per heavy atom. The molecule has 1 rings (SSSR count). The summed E-state index contributed by atoms with van der Waals surface area (Å²) in [6.07, 6.45) is -0.878. The highest BCUT2D eigenvalue weighted by Crippen LogP contribution is 2.39. The Morgan fingerprint density at radius 1 is 1.08 bits per heavy atom. The summed E-state index contributed by atoms with van der Waals surface area (Å²) in [5, 5.41) is 36.2. The van der Waals surface area contributed by atoms with Crippen LogP contribution in [0.3, 0.4) is 0 Å². The lowest BCUT2D eigenvalue weighted by Crippen LogP contribution is -1.91. The maximum absolute atomic E-state index is 9.18. The monoisotopic (exact) mass is 170 g/mol. The van der Waals surface area contributed by atoms with Gasteiger partial charge in [0.1, 0.15) is 0 Å². The molecule has 4 nitrogen and oxygen atoms in total. The molecule has 0 heterocycles. The molecule has 4 N–H and O–H groups in total. The van der Waals surface area contributed by atoms with Crippen molar-refractivity contribution in [3.8, 4) is 17.2 Å². The van der Waals surface area contributed by atoms with Crippen molar-refractivity contribution in [3.05, 3.63) is 17.7 Å². The molecule has 0 bridgehead atoms. The van der Waals surface area contributed by atoms with Gasteiger partial charge in [-0.05, 0) is 19.1 Å². The summed E-state index contributed by atoms with van der Waals surface area (Å²) in [7, 11) is 0. The zero-order valence-electron chi connectivity index (χ0n) is 6.52. The van der Waals surface area contributed by atoms with E-state index in [0.29, 0.717) is 0 Å². The van der Waals surface area contributed by atoms with E-state index in [9.17, 15) is 5.11 Å². The first-order chi connectivity index (χ1) is 5.54. The number of phenolic OH excluding ortho intramolecular Hbond substituents is 3. The molecular formula is C8H10O4. The molecule has 1 aromatic rings. The average molecular weight is 170 g/mol. The van der Waals surface area contributed by atoms with Crippen LogP contribution < -0.4 is 0 Å². The Bertz CT molecular complexity index is 293. The summed E-state index contributed by atoms with van der Waals surface area (Å²) in [5.74, 6) is -1.49. The molecule has 0 radical (unpaired) electrons. The molecule has 0 aromatic heterocycles. The van der Waals surface area contributed by atoms with Gasteiger partial charge in [0.15, 0.2) is 11.5 Å². The molecule has 4 heteroatoms. The van der Waals surface area contributed by atoms with Gasteiger partial charge in [-0.1, -0.05) is 0 Å². The number of aliphatic hydroxyl groups is 1. The molecule has 1 atom stereocenters. The van der Waals surface area contributed by atoms with Crippen molar-refractivity contribution in [3.63, 3.8) is 0 Å². The van der Waals surface area contributed by atoms with Crippen LogP contribution in [0.5, 0.6) is 17.2 Å². The topological polar surface area (TPSA) is 80.9 Å². The minimum absolute atomic E-state index is 0.185. The predicted octanol–water partition coefficient (Wildman–Crippen LogP) is 0.857. The van der Waals surface area contributed by atoms with Crippen molar-refractivity contribution < 1.29 is 20.4 Å². The second-order valence-corrected chi connectivity index (χ2v) is 2.55. The van der Waals surface area contributed by atoms with E-state index in [1.807, 2.05) is 0 Å². The van der Waals surface area contributed by atoms with Gasteiger partial charge < -0.3 is 20.4 Å². The van der Waals surface area contributed by atoms with Gasteiger partial charge in [-0.3, -0.25) is 0 Å². The molecule has 0 aliphatic heterocycles. The van der Waals surface area contributed by atoms with E-state index < -0.39 is 23.4 Å². The zero-order chi connectivity index (χ0) is 9.30. The van der Waals surface area contributed by atoms with Crippen LogP contribution in [-0.4, -0.2) is 20.4 Å². The van der Waals surface area contributed by atoms with E-state index >= 15 is 0 Å². The number of phenols is 3. The molecule has 66 valence electrons. The van der Waals surface area contributed by atoms with Crippen molar-refractivity contribution in [1.82, 2.24) is 0 Å². The summed E-state index contributed by atoms with van der Waals surface area (Å²) in [6, 6.07) is 2.55. The van der Waals surface area contributed by atoms with Crippen molar-refractivity contribution in [2.75, 3.05) is 0 Å². The second kappa shape index (κ2) is 2.91. The molecule has 0 saturated heterocycles. The Balaban J connectivity index is 3.27. The third kappa shape index (κ3) is 1.29. The van der Waals surface area contributed by atoms with Gasteiger partial charge in [-0.2, -0.15) is 0 Å². The third-order valence-corrected chi connectivity index (χ3v) is 1.61. The van der Waals surface area contributed by atoms with Crippen LogP contribution in [0, 0.1) is 0 Å². The molecule has 0 amide bonds. The van der Waals surface area contributed by atoms with Crippen molar-refractivity contribution in [2.45, 2.75) is 13.0 Å². The van der Waals surface area contributed by atoms with Gasteiger partial charge in [-0.25, -0.2) is 0 Å². The van der Waals surface area contributed by atoms with Crippen LogP contribution in [0.25, 0.3) is 0 Å². The molecule has 0 saturated carbocycles. The van der Waals surface area contributed by atoms with Crippen LogP contribution in [0.2, 0.25) is 0 Å². The second-order valence-electron chi connectivity index (χ2n) is 2.55. The first kappa shape index (κ1) is 8.67. The van der Waals surface area contributed by atoms with Gasteiger partial charge in [-0.15, -0.1) is 0 Å². The smallest absolute Gasteiger partial charge is 0.200 e. The lowest BCUT2D eigenvalue weighted by atomic mass is 10.1. The summed E-state index contributed by atoms with van der Waals surface area (Å²) in [4.78, 5) is 0. The highest BCUT2D eigenvalue weighted by Gasteiger charge is 2.13. The first-order valence-corrected chi connectivity index (χ1v) is 3.46. The fraction of sp³-hybridized carbons (Fsp3) is 0.250. The van der Waals surface area contributed by atoms with Gasteiger partial charge in [0.2, 0.25) is 5.75 Å². The highest BCUT2D eigenvalue weighted by atomic mass is 16.3. The van der Waals surface area contributed by atoms with Gasteiger partial charge in [0.05, 0.1) is 6.10 Å². The van der Waals surface area contributed by atoms with Crippen LogP contribution in [-0.2, 0) is 0 Å². The van der Waals surface area contributed by atoms with Crippen molar-refractivity contribution in [2.24, 2.45) is 0 Å². The highest BCUT2D eigenvalue weighted by molar-refractivity contribution is 5.53. The number of hydrogen-bond acceptors (Lipinski definition) is 4. The van der Waals surface area contributed by atoms with Gasteiger partial charge >= 0.3 is 0 Å². The van der Waals surface area contributed by atoms with Crippen LogP contribution >= 0.6 is 0 Å². The fourth-order valence-corrected chi connectivity index (χ4v) is 0.922. The summed E-state index contributed by atoms with van der Waals surface area (Å²) < 4.78 is 0. The average Bonchev–Trinajstić information content (AvgIpc) is 2.00. The molecular weight excluding hydrogens is 160 g/mol. The Hall–Kier alpha value is -1.42. The first-order valence-electron chi connectivity index (χ1n) is 3.46. The standard InChI is InChI=1S/C8H10O4/c1-4(9)5-2-3-6(10)8(12)7(5)11/h2-4,9-12H,1H3/t4-/m0/s1. The fourth-order valence-electron chi connectivity index (χ4n) is 0.922. The largest absolute Gasteiger partial charge is 0.504 e. The number of benzene rings is 1. The zero-order valence-corrected chi connectivity index (χ0v) is 6.52. The van der Waals surface area contributed by atoms with E-state index in [-0.39, 0.29) is 5.56 Å². The van der Waals surface area contributed by atoms with E-state index in [1.165, 1.54) is 19.1 Å². The molecule has 12 heavy (non-hydrogen) atoms. The number of hydrogen-bond donors (Lipinski definition) is 4. The van der Waals surface area contributed by atoms with Crippen LogP contribution in [0.15, 0.2) is 12.1 Å². The number of aromatic hydroxyl groups is 3. The molecule has 0 spiro atoms. The minimum atomic E-state index is -0.878. The Labute approximate surface area is 69.3 Å². The molecule has 1 aromatic carbocycles. The quantitative estimate of drug-likeness (QED) is 0.471. The molecule has 0 aliphatic carbocycles. The third-order valence-electron chi connectivity index (χ3n) is 1.61. The maximum Gasteiger partial charge on any atom is 0.200 e. The summed E-state index contributed by atoms with van der Waals surface area (Å²) in [6.45, 7) is 1.45. The van der Waals surface area contributed by atoms with Crippen LogP contribution in [0.4, 0.5) is 0 Å².